The molecule has 5 rings (SSSR count). The lowest BCUT2D eigenvalue weighted by Gasteiger charge is -2.28. The number of carbonyl (C=O) groups is 2. The molecule has 4 aromatic rings. The Bertz CT molecular complexity index is 1480. The molecule has 1 N–H and O–H groups in total. The minimum atomic E-state index is -4.47. The highest BCUT2D eigenvalue weighted by atomic mass is 35.5. The normalized spacial score (nSPS) is 13.5. The molecule has 4 aromatic carbocycles. The van der Waals surface area contributed by atoms with E-state index in [1.54, 1.807) is 48.5 Å². The Hall–Kier alpha value is -3.84. The molecule has 4 nitrogen and oxygen atoms in total. The molecule has 8 heteroatoms. The molecule has 0 aromatic heterocycles. The second-order valence-corrected chi connectivity index (χ2v) is 8.38. The first-order valence-corrected chi connectivity index (χ1v) is 10.7. The van der Waals surface area contributed by atoms with Gasteiger partial charge in [-0.15, -0.1) is 0 Å². The summed E-state index contributed by atoms with van der Waals surface area (Å²) in [6, 6.07) is 18.0. The Balaban J connectivity index is 1.60. The number of nitrogens with zero attached hydrogens (tertiary/aromatic N) is 1. The van der Waals surface area contributed by atoms with Gasteiger partial charge in [-0.1, -0.05) is 35.9 Å². The van der Waals surface area contributed by atoms with Crippen LogP contribution in [-0.2, 0) is 6.18 Å². The molecule has 0 radical (unpaired) electrons. The molecule has 0 unspecified atom stereocenters. The number of halogens is 4. The number of aryl methyl sites for hydroxylation is 1. The van der Waals surface area contributed by atoms with E-state index < -0.39 is 23.6 Å². The van der Waals surface area contributed by atoms with Crippen molar-refractivity contribution in [2.75, 3.05) is 10.2 Å². The Labute approximate surface area is 197 Å². The van der Waals surface area contributed by atoms with E-state index in [1.165, 1.54) is 12.1 Å². The lowest BCUT2D eigenvalue weighted by atomic mass is 9.92. The molecule has 0 saturated heterocycles. The van der Waals surface area contributed by atoms with Gasteiger partial charge in [0.15, 0.2) is 0 Å². The van der Waals surface area contributed by atoms with Gasteiger partial charge in [-0.2, -0.15) is 13.2 Å². The van der Waals surface area contributed by atoms with Gasteiger partial charge in [0.25, 0.3) is 11.8 Å². The number of carbonyl (C=O) groups excluding carboxylic acids is 2. The number of anilines is 3. The van der Waals surface area contributed by atoms with Crippen LogP contribution in [0.3, 0.4) is 0 Å². The zero-order valence-electron chi connectivity index (χ0n) is 17.7. The van der Waals surface area contributed by atoms with Gasteiger partial charge >= 0.3 is 6.18 Å². The summed E-state index contributed by atoms with van der Waals surface area (Å²) < 4.78 is 39.3. The molecule has 170 valence electrons. The van der Waals surface area contributed by atoms with Crippen LogP contribution in [0.5, 0.6) is 0 Å². The summed E-state index contributed by atoms with van der Waals surface area (Å²) in [5, 5.41) is 4.43. The van der Waals surface area contributed by atoms with Crippen LogP contribution in [0, 0.1) is 6.92 Å². The van der Waals surface area contributed by atoms with Gasteiger partial charge in [0.1, 0.15) is 0 Å². The lowest BCUT2D eigenvalue weighted by Crippen LogP contribution is -2.40. The molecule has 0 aliphatic carbocycles. The molecule has 1 aliphatic heterocycles. The van der Waals surface area contributed by atoms with Gasteiger partial charge in [0.05, 0.1) is 11.3 Å². The third-order valence-electron chi connectivity index (χ3n) is 5.79. The first kappa shape index (κ1) is 22.0. The number of alkyl halides is 3. The fourth-order valence-corrected chi connectivity index (χ4v) is 4.26. The van der Waals surface area contributed by atoms with Crippen molar-refractivity contribution in [2.45, 2.75) is 13.1 Å². The van der Waals surface area contributed by atoms with E-state index in [0.717, 1.165) is 22.6 Å². The molecule has 0 saturated carbocycles. The number of amides is 2. The van der Waals surface area contributed by atoms with E-state index in [2.05, 4.69) is 5.32 Å². The first-order valence-electron chi connectivity index (χ1n) is 10.3. The zero-order chi connectivity index (χ0) is 24.2. The topological polar surface area (TPSA) is 49.4 Å². The summed E-state index contributed by atoms with van der Waals surface area (Å²) in [7, 11) is 0. The SMILES string of the molecule is Cc1ccc(N2C(=O)c3cccc4c(Nc5cccc(C(F)(F)F)c5)ccc(c34)C2=O)cc1Cl. The fourth-order valence-electron chi connectivity index (χ4n) is 4.09. The van der Waals surface area contributed by atoms with Crippen molar-refractivity contribution >= 4 is 51.2 Å². The van der Waals surface area contributed by atoms with Gasteiger partial charge in [0.2, 0.25) is 0 Å². The second kappa shape index (κ2) is 7.88. The lowest BCUT2D eigenvalue weighted by molar-refractivity contribution is -0.137. The minimum absolute atomic E-state index is 0.236. The predicted octanol–water partition coefficient (Wildman–Crippen LogP) is 7.36. The summed E-state index contributed by atoms with van der Waals surface area (Å²) >= 11 is 6.22. The first-order chi connectivity index (χ1) is 16.1. The number of nitrogens with one attached hydrogen (secondary N) is 1. The number of hydrogen-bond donors (Lipinski definition) is 1. The third kappa shape index (κ3) is 3.58. The summed E-state index contributed by atoms with van der Waals surface area (Å²) in [5.74, 6) is -1.00. The van der Waals surface area contributed by atoms with E-state index in [9.17, 15) is 22.8 Å². The molecule has 0 bridgehead atoms. The number of imide groups is 1. The van der Waals surface area contributed by atoms with Crippen LogP contribution < -0.4 is 10.2 Å². The molecule has 2 amide bonds. The van der Waals surface area contributed by atoms with Crippen LogP contribution in [0.15, 0.2) is 72.8 Å². The van der Waals surface area contributed by atoms with Crippen molar-refractivity contribution in [3.63, 3.8) is 0 Å². The van der Waals surface area contributed by atoms with Crippen LogP contribution >= 0.6 is 11.6 Å². The Morgan fingerprint density at radius 1 is 0.853 bits per heavy atom. The number of rotatable bonds is 3. The van der Waals surface area contributed by atoms with E-state index in [4.69, 9.17) is 11.6 Å². The predicted molar refractivity (Wildman–Crippen MR) is 126 cm³/mol. The summed E-state index contributed by atoms with van der Waals surface area (Å²) in [5.41, 5.74) is 1.74. The molecule has 1 heterocycles. The van der Waals surface area contributed by atoms with Crippen molar-refractivity contribution in [1.82, 2.24) is 0 Å². The number of hydrogen-bond acceptors (Lipinski definition) is 3. The fraction of sp³-hybridized carbons (Fsp3) is 0.0769. The Kier molecular flexibility index (Phi) is 5.10. The second-order valence-electron chi connectivity index (χ2n) is 7.97. The van der Waals surface area contributed by atoms with Crippen molar-refractivity contribution < 1.29 is 22.8 Å². The Morgan fingerprint density at radius 2 is 1.56 bits per heavy atom. The average Bonchev–Trinajstić information content (AvgIpc) is 2.80. The van der Waals surface area contributed by atoms with Crippen molar-refractivity contribution in [1.29, 1.82) is 0 Å². The highest BCUT2D eigenvalue weighted by Gasteiger charge is 2.35. The highest BCUT2D eigenvalue weighted by Crippen LogP contribution is 2.38. The number of benzene rings is 4. The third-order valence-corrected chi connectivity index (χ3v) is 6.20. The van der Waals surface area contributed by atoms with Crippen LogP contribution in [0.25, 0.3) is 10.8 Å². The molecule has 0 atom stereocenters. The van der Waals surface area contributed by atoms with Gasteiger partial charge in [-0.25, -0.2) is 4.90 Å². The van der Waals surface area contributed by atoms with E-state index in [0.29, 0.717) is 38.3 Å². The molecular weight excluding hydrogens is 465 g/mol. The molecule has 0 spiro atoms. The molecule has 1 aliphatic rings. The molecular formula is C26H16ClF3N2O2. The van der Waals surface area contributed by atoms with Crippen LogP contribution in [0.1, 0.15) is 31.8 Å². The molecule has 34 heavy (non-hydrogen) atoms. The van der Waals surface area contributed by atoms with Gasteiger partial charge in [-0.05, 0) is 61.0 Å². The smallest absolute Gasteiger partial charge is 0.355 e. The maximum Gasteiger partial charge on any atom is 0.416 e. The molecule has 0 fully saturated rings. The van der Waals surface area contributed by atoms with Crippen LogP contribution in [0.4, 0.5) is 30.2 Å². The van der Waals surface area contributed by atoms with Crippen LogP contribution in [0.2, 0.25) is 5.02 Å². The van der Waals surface area contributed by atoms with E-state index >= 15 is 0 Å². The summed E-state index contributed by atoms with van der Waals surface area (Å²) in [6.07, 6.45) is -4.47. The van der Waals surface area contributed by atoms with Gasteiger partial charge in [-0.3, -0.25) is 9.59 Å². The van der Waals surface area contributed by atoms with Gasteiger partial charge in [0, 0.05) is 38.3 Å². The highest BCUT2D eigenvalue weighted by molar-refractivity contribution is 6.37. The summed E-state index contributed by atoms with van der Waals surface area (Å²) in [6.45, 7) is 1.82. The monoisotopic (exact) mass is 480 g/mol. The zero-order valence-corrected chi connectivity index (χ0v) is 18.5. The van der Waals surface area contributed by atoms with Crippen molar-refractivity contribution in [3.05, 3.63) is 100 Å². The largest absolute Gasteiger partial charge is 0.416 e. The minimum Gasteiger partial charge on any atom is -0.355 e. The van der Waals surface area contributed by atoms with E-state index in [1.807, 2.05) is 6.92 Å². The quantitative estimate of drug-likeness (QED) is 0.311. The van der Waals surface area contributed by atoms with Crippen molar-refractivity contribution in [2.24, 2.45) is 0 Å². The summed E-state index contributed by atoms with van der Waals surface area (Å²) in [4.78, 5) is 27.8. The average molecular weight is 481 g/mol. The van der Waals surface area contributed by atoms with Gasteiger partial charge < -0.3 is 5.32 Å². The van der Waals surface area contributed by atoms with Crippen molar-refractivity contribution in [3.8, 4) is 0 Å². The standard InChI is InChI=1S/C26H16ClF3N2O2/c1-14-8-9-17(13-21(14)27)32-24(33)19-7-3-6-18-22(11-10-20(23(18)19)25(32)34)31-16-5-2-4-15(12-16)26(28,29)30/h2-13,31H,1H3. The maximum absolute atomic E-state index is 13.4. The maximum atomic E-state index is 13.4. The van der Waals surface area contributed by atoms with Crippen LogP contribution in [-0.4, -0.2) is 11.8 Å². The Morgan fingerprint density at radius 3 is 2.26 bits per heavy atom. The van der Waals surface area contributed by atoms with E-state index in [-0.39, 0.29) is 5.69 Å².